The molecule has 0 saturated carbocycles. The molecule has 0 spiro atoms. The number of furan rings is 1. The first-order valence-corrected chi connectivity index (χ1v) is 7.19. The van der Waals surface area contributed by atoms with Crippen molar-refractivity contribution in [3.05, 3.63) is 77.6 Å². The van der Waals surface area contributed by atoms with Gasteiger partial charge in [0.2, 0.25) is 0 Å². The molecule has 0 aliphatic carbocycles. The predicted molar refractivity (Wildman–Crippen MR) is 88.7 cm³/mol. The minimum absolute atomic E-state index is 0.150. The molecule has 0 aliphatic rings. The number of rotatable bonds is 4. The fraction of sp³-hybridized carbons (Fsp3) is 0.0526. The largest absolute Gasteiger partial charge is 0.453 e. The lowest BCUT2D eigenvalue weighted by molar-refractivity contribution is 0.102. The van der Waals surface area contributed by atoms with Gasteiger partial charge in [0.25, 0.3) is 5.91 Å². The second kappa shape index (κ2) is 6.32. The summed E-state index contributed by atoms with van der Waals surface area (Å²) in [7, 11) is 0. The summed E-state index contributed by atoms with van der Waals surface area (Å²) in [5, 5.41) is 2.85. The average molecular weight is 305 g/mol. The number of hydrogen-bond acceptors (Lipinski definition) is 3. The van der Waals surface area contributed by atoms with E-state index in [1.165, 1.54) is 0 Å². The first-order chi connectivity index (χ1) is 11.2. The van der Waals surface area contributed by atoms with Crippen LogP contribution in [0.2, 0.25) is 0 Å². The quantitative estimate of drug-likeness (QED) is 0.730. The number of hydrogen-bond donors (Lipinski definition) is 1. The van der Waals surface area contributed by atoms with E-state index in [1.807, 2.05) is 37.3 Å². The van der Waals surface area contributed by atoms with Crippen molar-refractivity contribution in [2.45, 2.75) is 6.92 Å². The number of nitrogens with one attached hydrogen (secondary N) is 1. The molecule has 0 unspecified atom stereocenters. The van der Waals surface area contributed by atoms with E-state index in [-0.39, 0.29) is 11.7 Å². The van der Waals surface area contributed by atoms with Crippen LogP contribution in [0.1, 0.15) is 26.5 Å². The van der Waals surface area contributed by atoms with Crippen molar-refractivity contribution >= 4 is 17.9 Å². The van der Waals surface area contributed by atoms with Crippen molar-refractivity contribution in [2.75, 3.05) is 5.32 Å². The standard InChI is InChI=1S/C19H15NO3/c1-13-3-2-4-15(11-13)19(22)20-16-7-5-14(6-8-16)18-10-9-17(12-21)23-18/h2-12H,1H3,(H,20,22). The molecule has 1 N–H and O–H groups in total. The number of amides is 1. The molecule has 1 heterocycles. The maximum atomic E-state index is 12.2. The van der Waals surface area contributed by atoms with E-state index in [9.17, 15) is 9.59 Å². The van der Waals surface area contributed by atoms with Crippen molar-refractivity contribution in [3.63, 3.8) is 0 Å². The Morgan fingerprint density at radius 2 is 1.83 bits per heavy atom. The van der Waals surface area contributed by atoms with Gasteiger partial charge in [-0.25, -0.2) is 0 Å². The summed E-state index contributed by atoms with van der Waals surface area (Å²) < 4.78 is 5.37. The third-order valence-corrected chi connectivity index (χ3v) is 3.45. The lowest BCUT2D eigenvalue weighted by Crippen LogP contribution is -2.11. The van der Waals surface area contributed by atoms with Gasteiger partial charge in [-0.1, -0.05) is 17.7 Å². The third kappa shape index (κ3) is 3.37. The van der Waals surface area contributed by atoms with E-state index in [4.69, 9.17) is 4.42 Å². The Kier molecular flexibility index (Phi) is 4.06. The normalized spacial score (nSPS) is 10.3. The molecule has 0 fully saturated rings. The van der Waals surface area contributed by atoms with Crippen molar-refractivity contribution in [1.29, 1.82) is 0 Å². The lowest BCUT2D eigenvalue weighted by Gasteiger charge is -2.06. The van der Waals surface area contributed by atoms with Crippen LogP contribution in [-0.4, -0.2) is 12.2 Å². The molecule has 4 nitrogen and oxygen atoms in total. The average Bonchev–Trinajstić information content (AvgIpc) is 3.04. The summed E-state index contributed by atoms with van der Waals surface area (Å²) in [6.45, 7) is 1.95. The Hall–Kier alpha value is -3.14. The van der Waals surface area contributed by atoms with E-state index in [0.717, 1.165) is 11.1 Å². The van der Waals surface area contributed by atoms with Crippen LogP contribution >= 0.6 is 0 Å². The molecule has 1 amide bonds. The summed E-state index contributed by atoms with van der Waals surface area (Å²) in [5.74, 6) is 0.753. The number of aldehydes is 1. The highest BCUT2D eigenvalue weighted by Crippen LogP contribution is 2.23. The molecule has 0 saturated heterocycles. The molecular weight excluding hydrogens is 290 g/mol. The van der Waals surface area contributed by atoms with E-state index < -0.39 is 0 Å². The van der Waals surface area contributed by atoms with Gasteiger partial charge in [0, 0.05) is 16.8 Å². The Morgan fingerprint density at radius 1 is 1.04 bits per heavy atom. The Bertz CT molecular complexity index is 847. The van der Waals surface area contributed by atoms with Gasteiger partial charge in [-0.3, -0.25) is 9.59 Å². The lowest BCUT2D eigenvalue weighted by atomic mass is 10.1. The highest BCUT2D eigenvalue weighted by atomic mass is 16.3. The molecule has 0 aliphatic heterocycles. The smallest absolute Gasteiger partial charge is 0.255 e. The van der Waals surface area contributed by atoms with Crippen molar-refractivity contribution in [3.8, 4) is 11.3 Å². The van der Waals surface area contributed by atoms with Crippen molar-refractivity contribution in [1.82, 2.24) is 0 Å². The molecule has 2 aromatic carbocycles. The van der Waals surface area contributed by atoms with E-state index in [1.54, 1.807) is 30.3 Å². The monoisotopic (exact) mass is 305 g/mol. The number of anilines is 1. The zero-order valence-electron chi connectivity index (χ0n) is 12.6. The van der Waals surface area contributed by atoms with Gasteiger partial charge in [-0.2, -0.15) is 0 Å². The van der Waals surface area contributed by atoms with E-state index >= 15 is 0 Å². The van der Waals surface area contributed by atoms with Crippen LogP contribution in [0.25, 0.3) is 11.3 Å². The van der Waals surface area contributed by atoms with Crippen LogP contribution in [0.4, 0.5) is 5.69 Å². The fourth-order valence-electron chi connectivity index (χ4n) is 2.28. The molecule has 1 aromatic heterocycles. The number of aryl methyl sites for hydroxylation is 1. The zero-order chi connectivity index (χ0) is 16.2. The zero-order valence-corrected chi connectivity index (χ0v) is 12.6. The molecule has 114 valence electrons. The van der Waals surface area contributed by atoms with E-state index in [0.29, 0.717) is 23.3 Å². The number of carbonyl (C=O) groups excluding carboxylic acids is 2. The molecule has 0 atom stereocenters. The van der Waals surface area contributed by atoms with E-state index in [2.05, 4.69) is 5.32 Å². The first kappa shape index (κ1) is 14.8. The van der Waals surface area contributed by atoms with Crippen LogP contribution in [0, 0.1) is 6.92 Å². The van der Waals surface area contributed by atoms with Crippen LogP contribution in [0.3, 0.4) is 0 Å². The van der Waals surface area contributed by atoms with Crippen molar-refractivity contribution < 1.29 is 14.0 Å². The van der Waals surface area contributed by atoms with Crippen LogP contribution in [-0.2, 0) is 0 Å². The third-order valence-electron chi connectivity index (χ3n) is 3.45. The van der Waals surface area contributed by atoms with Gasteiger partial charge >= 0.3 is 0 Å². The predicted octanol–water partition coefficient (Wildman–Crippen LogP) is 4.32. The van der Waals surface area contributed by atoms with Gasteiger partial charge in [-0.15, -0.1) is 0 Å². The molecule has 3 rings (SSSR count). The van der Waals surface area contributed by atoms with Gasteiger partial charge in [-0.05, 0) is 55.5 Å². The van der Waals surface area contributed by atoms with Gasteiger partial charge in [0.1, 0.15) is 5.76 Å². The van der Waals surface area contributed by atoms with Crippen LogP contribution in [0.5, 0.6) is 0 Å². The fourth-order valence-corrected chi connectivity index (χ4v) is 2.28. The molecule has 0 radical (unpaired) electrons. The SMILES string of the molecule is Cc1cccc(C(=O)Nc2ccc(-c3ccc(C=O)o3)cc2)c1. The maximum Gasteiger partial charge on any atom is 0.255 e. The second-order valence-electron chi connectivity index (χ2n) is 5.22. The molecular formula is C19H15NO3. The topological polar surface area (TPSA) is 59.3 Å². The minimum atomic E-state index is -0.150. The summed E-state index contributed by atoms with van der Waals surface area (Å²) in [6.07, 6.45) is 0.667. The number of benzene rings is 2. The summed E-state index contributed by atoms with van der Waals surface area (Å²) in [6, 6.07) is 18.0. The Labute approximate surface area is 133 Å². The molecule has 3 aromatic rings. The first-order valence-electron chi connectivity index (χ1n) is 7.19. The van der Waals surface area contributed by atoms with Crippen LogP contribution in [0.15, 0.2) is 65.1 Å². The highest BCUT2D eigenvalue weighted by Gasteiger charge is 2.07. The second-order valence-corrected chi connectivity index (χ2v) is 5.22. The maximum absolute atomic E-state index is 12.2. The molecule has 4 heteroatoms. The highest BCUT2D eigenvalue weighted by molar-refractivity contribution is 6.04. The summed E-state index contributed by atoms with van der Waals surface area (Å²) in [4.78, 5) is 22.8. The van der Waals surface area contributed by atoms with Crippen molar-refractivity contribution in [2.24, 2.45) is 0 Å². The summed E-state index contributed by atoms with van der Waals surface area (Å²) >= 11 is 0. The minimum Gasteiger partial charge on any atom is -0.453 e. The number of carbonyl (C=O) groups is 2. The van der Waals surface area contributed by atoms with Gasteiger partial charge in [0.05, 0.1) is 0 Å². The van der Waals surface area contributed by atoms with Gasteiger partial charge < -0.3 is 9.73 Å². The molecule has 0 bridgehead atoms. The summed E-state index contributed by atoms with van der Waals surface area (Å²) in [5.41, 5.74) is 3.20. The van der Waals surface area contributed by atoms with Crippen LogP contribution < -0.4 is 5.32 Å². The molecule has 23 heavy (non-hydrogen) atoms. The Morgan fingerprint density at radius 3 is 2.48 bits per heavy atom. The van der Waals surface area contributed by atoms with Gasteiger partial charge in [0.15, 0.2) is 12.0 Å². The Balaban J connectivity index is 1.74.